The third-order valence-corrected chi connectivity index (χ3v) is 4.51. The van der Waals surface area contributed by atoms with Crippen molar-refractivity contribution in [3.63, 3.8) is 0 Å². The van der Waals surface area contributed by atoms with Crippen LogP contribution >= 0.6 is 11.8 Å². The molecule has 1 aromatic heterocycles. The SMILES string of the molecule is CC1CCCC(C)N1C(=O)CSc1ccc(C(=O)O)o1. The van der Waals surface area contributed by atoms with E-state index in [2.05, 4.69) is 13.8 Å². The van der Waals surface area contributed by atoms with Crippen molar-refractivity contribution in [2.45, 2.75) is 50.3 Å². The first-order valence-electron chi connectivity index (χ1n) is 6.76. The van der Waals surface area contributed by atoms with Crippen molar-refractivity contribution in [2.24, 2.45) is 0 Å². The Morgan fingerprint density at radius 3 is 2.55 bits per heavy atom. The number of furan rings is 1. The summed E-state index contributed by atoms with van der Waals surface area (Å²) in [5, 5.41) is 9.24. The minimum atomic E-state index is -1.10. The lowest BCUT2D eigenvalue weighted by atomic mass is 9.98. The average molecular weight is 297 g/mol. The maximum atomic E-state index is 12.3. The molecule has 1 amide bonds. The molecule has 2 unspecified atom stereocenters. The minimum Gasteiger partial charge on any atom is -0.475 e. The van der Waals surface area contributed by atoms with E-state index >= 15 is 0 Å². The zero-order valence-electron chi connectivity index (χ0n) is 11.7. The quantitative estimate of drug-likeness (QED) is 0.865. The molecule has 2 rings (SSSR count). The van der Waals surface area contributed by atoms with E-state index in [4.69, 9.17) is 9.52 Å². The number of carbonyl (C=O) groups excluding carboxylic acids is 1. The van der Waals surface area contributed by atoms with Crippen LogP contribution in [0.4, 0.5) is 0 Å². The molecule has 1 saturated heterocycles. The summed E-state index contributed by atoms with van der Waals surface area (Å²) in [6.45, 7) is 4.15. The summed E-state index contributed by atoms with van der Waals surface area (Å²) in [5.74, 6) is -0.828. The van der Waals surface area contributed by atoms with Gasteiger partial charge in [-0.1, -0.05) is 11.8 Å². The second kappa shape index (κ2) is 6.35. The van der Waals surface area contributed by atoms with Gasteiger partial charge in [-0.2, -0.15) is 0 Å². The van der Waals surface area contributed by atoms with Crippen LogP contribution in [-0.2, 0) is 4.79 Å². The van der Waals surface area contributed by atoms with E-state index in [1.165, 1.54) is 24.2 Å². The summed E-state index contributed by atoms with van der Waals surface area (Å²) < 4.78 is 5.13. The summed E-state index contributed by atoms with van der Waals surface area (Å²) in [6, 6.07) is 3.54. The van der Waals surface area contributed by atoms with E-state index < -0.39 is 5.97 Å². The first kappa shape index (κ1) is 15.0. The summed E-state index contributed by atoms with van der Waals surface area (Å²) in [6.07, 6.45) is 3.26. The van der Waals surface area contributed by atoms with Gasteiger partial charge in [-0.25, -0.2) is 4.79 Å². The molecule has 0 spiro atoms. The van der Waals surface area contributed by atoms with Gasteiger partial charge in [0.05, 0.1) is 5.75 Å². The van der Waals surface area contributed by atoms with Crippen LogP contribution < -0.4 is 0 Å². The Kier molecular flexibility index (Phi) is 4.75. The zero-order valence-corrected chi connectivity index (χ0v) is 12.5. The van der Waals surface area contributed by atoms with Crippen LogP contribution in [0.3, 0.4) is 0 Å². The highest BCUT2D eigenvalue weighted by Gasteiger charge is 2.28. The molecular formula is C14H19NO4S. The molecule has 0 aliphatic carbocycles. The Hall–Kier alpha value is -1.43. The van der Waals surface area contributed by atoms with Crippen LogP contribution in [0.5, 0.6) is 0 Å². The van der Waals surface area contributed by atoms with Crippen molar-refractivity contribution in [3.8, 4) is 0 Å². The van der Waals surface area contributed by atoms with Gasteiger partial charge >= 0.3 is 5.97 Å². The fourth-order valence-electron chi connectivity index (χ4n) is 2.63. The number of hydrogen-bond acceptors (Lipinski definition) is 4. The standard InChI is InChI=1S/C14H19NO4S/c1-9-4-3-5-10(2)15(9)12(16)8-20-13-7-6-11(19-13)14(17)18/h6-7,9-10H,3-5,8H2,1-2H3,(H,17,18). The van der Waals surface area contributed by atoms with Crippen LogP contribution in [-0.4, -0.2) is 39.7 Å². The Labute approximate surface area is 122 Å². The molecule has 5 nitrogen and oxygen atoms in total. The number of hydrogen-bond donors (Lipinski definition) is 1. The molecule has 1 fully saturated rings. The van der Waals surface area contributed by atoms with E-state index in [9.17, 15) is 9.59 Å². The number of rotatable bonds is 4. The van der Waals surface area contributed by atoms with Gasteiger partial charge in [0, 0.05) is 12.1 Å². The number of carboxylic acids is 1. The van der Waals surface area contributed by atoms with Crippen molar-refractivity contribution in [1.82, 2.24) is 4.90 Å². The lowest BCUT2D eigenvalue weighted by molar-refractivity contribution is -0.134. The van der Waals surface area contributed by atoms with Crippen molar-refractivity contribution in [1.29, 1.82) is 0 Å². The van der Waals surface area contributed by atoms with Gasteiger partial charge in [-0.3, -0.25) is 4.79 Å². The first-order valence-corrected chi connectivity index (χ1v) is 7.74. The molecule has 1 aromatic rings. The lowest BCUT2D eigenvalue weighted by Gasteiger charge is -2.39. The molecule has 0 aromatic carbocycles. The fourth-order valence-corrected chi connectivity index (χ4v) is 3.36. The highest BCUT2D eigenvalue weighted by molar-refractivity contribution is 7.99. The summed E-state index contributed by atoms with van der Waals surface area (Å²) >= 11 is 1.24. The number of amides is 1. The van der Waals surface area contributed by atoms with E-state index in [0.717, 1.165) is 12.8 Å². The Morgan fingerprint density at radius 2 is 2.00 bits per heavy atom. The smallest absolute Gasteiger partial charge is 0.371 e. The van der Waals surface area contributed by atoms with E-state index in [1.54, 1.807) is 6.07 Å². The molecule has 0 bridgehead atoms. The molecule has 110 valence electrons. The number of likely N-dealkylation sites (tertiary alicyclic amines) is 1. The largest absolute Gasteiger partial charge is 0.475 e. The van der Waals surface area contributed by atoms with Crippen molar-refractivity contribution < 1.29 is 19.1 Å². The minimum absolute atomic E-state index is 0.0861. The molecule has 1 aliphatic rings. The average Bonchev–Trinajstić information content (AvgIpc) is 2.85. The molecule has 0 radical (unpaired) electrons. The monoisotopic (exact) mass is 297 g/mol. The van der Waals surface area contributed by atoms with E-state index in [0.29, 0.717) is 5.09 Å². The Balaban J connectivity index is 1.92. The van der Waals surface area contributed by atoms with Crippen molar-refractivity contribution in [2.75, 3.05) is 5.75 Å². The molecule has 20 heavy (non-hydrogen) atoms. The highest BCUT2D eigenvalue weighted by Crippen LogP contribution is 2.26. The summed E-state index contributed by atoms with van der Waals surface area (Å²) in [5.41, 5.74) is 0. The van der Waals surface area contributed by atoms with Crippen molar-refractivity contribution in [3.05, 3.63) is 17.9 Å². The van der Waals surface area contributed by atoms with Crippen molar-refractivity contribution >= 4 is 23.6 Å². The van der Waals surface area contributed by atoms with Crippen LogP contribution in [0, 0.1) is 0 Å². The number of thioether (sulfide) groups is 1. The molecular weight excluding hydrogens is 278 g/mol. The zero-order chi connectivity index (χ0) is 14.7. The Bertz CT molecular complexity index is 489. The number of carboxylic acid groups (broad SMARTS) is 1. The highest BCUT2D eigenvalue weighted by atomic mass is 32.2. The fraction of sp³-hybridized carbons (Fsp3) is 0.571. The van der Waals surface area contributed by atoms with Gasteiger partial charge in [0.25, 0.3) is 0 Å². The first-order chi connectivity index (χ1) is 9.49. The van der Waals surface area contributed by atoms with Gasteiger partial charge in [-0.05, 0) is 45.2 Å². The van der Waals surface area contributed by atoms with Crippen LogP contribution in [0.25, 0.3) is 0 Å². The second-order valence-electron chi connectivity index (χ2n) is 5.14. The van der Waals surface area contributed by atoms with E-state index in [-0.39, 0.29) is 29.5 Å². The predicted octanol–water partition coefficient (Wildman–Crippen LogP) is 2.86. The molecule has 6 heteroatoms. The number of aromatic carboxylic acids is 1. The maximum absolute atomic E-state index is 12.3. The van der Waals surface area contributed by atoms with Crippen LogP contribution in [0.15, 0.2) is 21.6 Å². The molecule has 0 saturated carbocycles. The van der Waals surface area contributed by atoms with Gasteiger partial charge in [0.2, 0.25) is 11.7 Å². The van der Waals surface area contributed by atoms with Gasteiger partial charge < -0.3 is 14.4 Å². The molecule has 1 N–H and O–H groups in total. The molecule has 1 aliphatic heterocycles. The number of carbonyl (C=O) groups is 2. The molecule has 2 atom stereocenters. The topological polar surface area (TPSA) is 70.8 Å². The number of piperidine rings is 1. The number of nitrogens with zero attached hydrogens (tertiary/aromatic N) is 1. The maximum Gasteiger partial charge on any atom is 0.371 e. The van der Waals surface area contributed by atoms with Gasteiger partial charge in [0.1, 0.15) is 0 Å². The Morgan fingerprint density at radius 1 is 1.35 bits per heavy atom. The lowest BCUT2D eigenvalue weighted by Crippen LogP contribution is -2.48. The normalized spacial score (nSPS) is 22.8. The third-order valence-electron chi connectivity index (χ3n) is 3.61. The molecule has 2 heterocycles. The van der Waals surface area contributed by atoms with Crippen LogP contribution in [0.1, 0.15) is 43.7 Å². The summed E-state index contributed by atoms with van der Waals surface area (Å²) in [4.78, 5) is 24.9. The predicted molar refractivity (Wildman–Crippen MR) is 76.0 cm³/mol. The van der Waals surface area contributed by atoms with Gasteiger partial charge in [-0.15, -0.1) is 0 Å². The summed E-state index contributed by atoms with van der Waals surface area (Å²) in [7, 11) is 0. The van der Waals surface area contributed by atoms with E-state index in [1.807, 2.05) is 4.90 Å². The van der Waals surface area contributed by atoms with Gasteiger partial charge in [0.15, 0.2) is 5.09 Å². The van der Waals surface area contributed by atoms with Crippen LogP contribution in [0.2, 0.25) is 0 Å². The third kappa shape index (κ3) is 3.36. The second-order valence-corrected chi connectivity index (χ2v) is 6.12.